The van der Waals surface area contributed by atoms with E-state index in [0.29, 0.717) is 41.4 Å². The number of nitrogens with one attached hydrogen (secondary N) is 2. The maximum atomic E-state index is 14.7. The summed E-state index contributed by atoms with van der Waals surface area (Å²) < 4.78 is 5.72. The fraction of sp³-hybridized carbons (Fsp3) is 0.258. The molecule has 2 amide bonds. The highest BCUT2D eigenvalue weighted by Gasteiger charge is 2.81. The van der Waals surface area contributed by atoms with Crippen LogP contribution in [0.2, 0.25) is 0 Å². The van der Waals surface area contributed by atoms with Gasteiger partial charge in [-0.05, 0) is 49.2 Å². The van der Waals surface area contributed by atoms with E-state index in [0.717, 1.165) is 18.4 Å². The van der Waals surface area contributed by atoms with Gasteiger partial charge in [0, 0.05) is 28.5 Å². The summed E-state index contributed by atoms with van der Waals surface area (Å²) in [7, 11) is 0. The number of hydrogen-bond donors (Lipinski definition) is 2. The molecule has 4 unspecified atom stereocenters. The number of benzene rings is 3. The molecule has 0 aliphatic carbocycles. The summed E-state index contributed by atoms with van der Waals surface area (Å²) in [4.78, 5) is 45.6. The van der Waals surface area contributed by atoms with Crippen molar-refractivity contribution >= 4 is 29.0 Å². The van der Waals surface area contributed by atoms with Crippen LogP contribution in [0.3, 0.4) is 0 Å². The van der Waals surface area contributed by atoms with Gasteiger partial charge in [-0.1, -0.05) is 61.2 Å². The number of para-hydroxylation sites is 2. The van der Waals surface area contributed by atoms with Crippen molar-refractivity contribution in [3.05, 3.63) is 102 Å². The van der Waals surface area contributed by atoms with E-state index in [2.05, 4.69) is 22.1 Å². The Morgan fingerprint density at radius 2 is 1.68 bits per heavy atom. The summed E-state index contributed by atoms with van der Waals surface area (Å²) in [6, 6.07) is 21.9. The van der Waals surface area contributed by atoms with Crippen molar-refractivity contribution in [2.45, 2.75) is 29.8 Å². The summed E-state index contributed by atoms with van der Waals surface area (Å²) in [6.45, 7) is 4.63. The molecule has 0 saturated carbocycles. The van der Waals surface area contributed by atoms with Gasteiger partial charge in [-0.25, -0.2) is 0 Å². The minimum absolute atomic E-state index is 0.160. The number of nitrogens with zero attached hydrogens (tertiary/aromatic N) is 1. The lowest BCUT2D eigenvalue weighted by Crippen LogP contribution is -2.62. The average molecular weight is 506 g/mol. The Morgan fingerprint density at radius 3 is 2.47 bits per heavy atom. The molecule has 3 aromatic carbocycles. The molecular formula is C31H27N3O4. The van der Waals surface area contributed by atoms with E-state index in [1.165, 1.54) is 0 Å². The third-order valence-electron chi connectivity index (χ3n) is 8.77. The Hall–Kier alpha value is -4.23. The van der Waals surface area contributed by atoms with Gasteiger partial charge in [-0.3, -0.25) is 19.3 Å². The van der Waals surface area contributed by atoms with Crippen molar-refractivity contribution in [3.63, 3.8) is 0 Å². The minimum Gasteiger partial charge on any atom is -0.490 e. The molecule has 2 saturated heterocycles. The fourth-order valence-corrected chi connectivity index (χ4v) is 7.61. The lowest BCUT2D eigenvalue weighted by molar-refractivity contribution is -0.137. The molecule has 3 aromatic rings. The number of amides is 2. The van der Waals surface area contributed by atoms with Gasteiger partial charge in [0.25, 0.3) is 5.91 Å². The number of ether oxygens (including phenoxy) is 1. The Balaban J connectivity index is 1.51. The Labute approximate surface area is 220 Å². The smallest absolute Gasteiger partial charge is 0.251 e. The monoisotopic (exact) mass is 505 g/mol. The standard InChI is InChI=1S/C31H27N3O4/c1-2-17-38-20-10-7-9-19(18-20)27(35)26-25-15-8-16-34(25)31(22-12-4-6-14-24(22)33-29(31)37)30(26)21-11-3-5-13-23(21)32-28(30)36/h2-7,9-14,18,25-26H,1,8,15-17H2,(H,32,36)(H,33,37). The van der Waals surface area contributed by atoms with Gasteiger partial charge >= 0.3 is 0 Å². The van der Waals surface area contributed by atoms with Crippen LogP contribution in [-0.2, 0) is 20.5 Å². The van der Waals surface area contributed by atoms with Crippen LogP contribution >= 0.6 is 0 Å². The van der Waals surface area contributed by atoms with Crippen LogP contribution in [0.5, 0.6) is 5.75 Å². The van der Waals surface area contributed by atoms with Gasteiger partial charge in [0.05, 0.1) is 5.92 Å². The van der Waals surface area contributed by atoms with E-state index in [1.54, 1.807) is 30.3 Å². The van der Waals surface area contributed by atoms with Crippen LogP contribution in [0.4, 0.5) is 11.4 Å². The summed E-state index contributed by atoms with van der Waals surface area (Å²) in [6.07, 6.45) is 3.21. The number of carbonyl (C=O) groups excluding carboxylic acids is 3. The Bertz CT molecular complexity index is 1530. The van der Waals surface area contributed by atoms with Crippen LogP contribution < -0.4 is 15.4 Å². The zero-order valence-corrected chi connectivity index (χ0v) is 20.8. The first-order valence-corrected chi connectivity index (χ1v) is 13.0. The number of rotatable bonds is 5. The number of carbonyl (C=O) groups is 3. The maximum absolute atomic E-state index is 14.7. The molecule has 7 rings (SSSR count). The number of anilines is 2. The van der Waals surface area contributed by atoms with Crippen LogP contribution in [0, 0.1) is 5.92 Å². The molecule has 7 nitrogen and oxygen atoms in total. The second-order valence-electron chi connectivity index (χ2n) is 10.4. The zero-order chi connectivity index (χ0) is 26.1. The van der Waals surface area contributed by atoms with Crippen molar-refractivity contribution in [3.8, 4) is 5.75 Å². The molecule has 0 aromatic heterocycles. The van der Waals surface area contributed by atoms with Crippen LogP contribution in [0.1, 0.15) is 34.3 Å². The quantitative estimate of drug-likeness (QED) is 0.400. The van der Waals surface area contributed by atoms with Crippen molar-refractivity contribution in [2.75, 3.05) is 23.8 Å². The molecule has 4 aliphatic rings. The van der Waals surface area contributed by atoms with E-state index in [1.807, 2.05) is 48.5 Å². The largest absolute Gasteiger partial charge is 0.490 e. The van der Waals surface area contributed by atoms with Crippen molar-refractivity contribution < 1.29 is 19.1 Å². The van der Waals surface area contributed by atoms with Crippen molar-refractivity contribution in [1.82, 2.24) is 4.90 Å². The molecule has 2 spiro atoms. The number of Topliss-reactive ketones (excluding diaryl/α,β-unsaturated/α-hetero) is 1. The highest BCUT2D eigenvalue weighted by atomic mass is 16.5. The Morgan fingerprint density at radius 1 is 0.974 bits per heavy atom. The molecular weight excluding hydrogens is 478 g/mol. The van der Waals surface area contributed by atoms with Crippen LogP contribution in [-0.4, -0.2) is 41.7 Å². The first-order valence-electron chi connectivity index (χ1n) is 13.0. The van der Waals surface area contributed by atoms with Gasteiger partial charge < -0.3 is 15.4 Å². The third-order valence-corrected chi connectivity index (χ3v) is 8.77. The molecule has 7 heteroatoms. The lowest BCUT2D eigenvalue weighted by atomic mass is 9.57. The van der Waals surface area contributed by atoms with Gasteiger partial charge in [0.15, 0.2) is 5.78 Å². The molecule has 2 fully saturated rings. The predicted molar refractivity (Wildman–Crippen MR) is 143 cm³/mol. The highest BCUT2D eigenvalue weighted by molar-refractivity contribution is 6.21. The van der Waals surface area contributed by atoms with Crippen LogP contribution in [0.15, 0.2) is 85.5 Å². The SMILES string of the molecule is C=CCOc1cccc(C(=O)C2C3CCCN3C3(C(=O)Nc4ccccc43)C23C(=O)Nc2ccccc23)c1. The number of ketones is 1. The highest BCUT2D eigenvalue weighted by Crippen LogP contribution is 2.67. The summed E-state index contributed by atoms with van der Waals surface area (Å²) in [5.74, 6) is -0.943. The second kappa shape index (κ2) is 8.13. The molecule has 4 heterocycles. The third kappa shape index (κ3) is 2.64. The van der Waals surface area contributed by atoms with Gasteiger partial charge in [0.1, 0.15) is 23.3 Å². The lowest BCUT2D eigenvalue weighted by Gasteiger charge is -2.43. The van der Waals surface area contributed by atoms with E-state index < -0.39 is 16.9 Å². The molecule has 38 heavy (non-hydrogen) atoms. The first-order chi connectivity index (χ1) is 18.5. The molecule has 2 N–H and O–H groups in total. The van der Waals surface area contributed by atoms with E-state index >= 15 is 0 Å². The van der Waals surface area contributed by atoms with Gasteiger partial charge in [-0.15, -0.1) is 0 Å². The number of hydrogen-bond acceptors (Lipinski definition) is 5. The molecule has 0 radical (unpaired) electrons. The maximum Gasteiger partial charge on any atom is 0.251 e. The van der Waals surface area contributed by atoms with Gasteiger partial charge in [-0.2, -0.15) is 0 Å². The molecule has 4 atom stereocenters. The summed E-state index contributed by atoms with van der Waals surface area (Å²) >= 11 is 0. The molecule has 190 valence electrons. The van der Waals surface area contributed by atoms with E-state index in [4.69, 9.17) is 4.74 Å². The predicted octanol–water partition coefficient (Wildman–Crippen LogP) is 4.27. The summed E-state index contributed by atoms with van der Waals surface area (Å²) in [5, 5.41) is 6.14. The zero-order valence-electron chi connectivity index (χ0n) is 20.8. The fourth-order valence-electron chi connectivity index (χ4n) is 7.61. The number of fused-ring (bicyclic) bond motifs is 7. The van der Waals surface area contributed by atoms with E-state index in [-0.39, 0.29) is 23.6 Å². The molecule has 0 bridgehead atoms. The Kier molecular flexibility index (Phi) is 4.91. The van der Waals surface area contributed by atoms with Crippen LogP contribution in [0.25, 0.3) is 0 Å². The van der Waals surface area contributed by atoms with E-state index in [9.17, 15) is 14.4 Å². The van der Waals surface area contributed by atoms with Crippen molar-refractivity contribution in [2.24, 2.45) is 5.92 Å². The van der Waals surface area contributed by atoms with Crippen molar-refractivity contribution in [1.29, 1.82) is 0 Å². The summed E-state index contributed by atoms with van der Waals surface area (Å²) in [5.41, 5.74) is 0.456. The molecule has 4 aliphatic heterocycles. The second-order valence-corrected chi connectivity index (χ2v) is 10.4. The first kappa shape index (κ1) is 22.9. The van der Waals surface area contributed by atoms with Gasteiger partial charge in [0.2, 0.25) is 5.91 Å². The average Bonchev–Trinajstić information content (AvgIpc) is 3.66. The minimum atomic E-state index is -1.44. The normalized spacial score (nSPS) is 28.6. The topological polar surface area (TPSA) is 87.7 Å².